The Hall–Kier alpha value is -2.74. The summed E-state index contributed by atoms with van der Waals surface area (Å²) in [7, 11) is 0. The van der Waals surface area contributed by atoms with Gasteiger partial charge in [-0.25, -0.2) is 9.07 Å². The smallest absolute Gasteiger partial charge is 0.278 e. The lowest BCUT2D eigenvalue weighted by Crippen LogP contribution is -2.37. The highest BCUT2D eigenvalue weighted by Gasteiger charge is 2.32. The van der Waals surface area contributed by atoms with E-state index in [0.717, 1.165) is 4.68 Å². The lowest BCUT2D eigenvalue weighted by Gasteiger charge is -2.24. The molecule has 1 aromatic heterocycles. The number of carbonyl (C=O) groups is 1. The number of rotatable bonds is 3. The molecular formula is C18H15FN4O2S. The van der Waals surface area contributed by atoms with Crippen molar-refractivity contribution in [3.63, 3.8) is 0 Å². The molecule has 0 bridgehead atoms. The molecule has 0 saturated carbocycles. The number of hydrogen-bond donors (Lipinski definition) is 0. The first-order chi connectivity index (χ1) is 12.6. The van der Waals surface area contributed by atoms with Crippen LogP contribution >= 0.6 is 11.8 Å². The second kappa shape index (κ2) is 6.87. The van der Waals surface area contributed by atoms with Crippen molar-refractivity contribution < 1.29 is 9.18 Å². The van der Waals surface area contributed by atoms with Crippen molar-refractivity contribution in [1.29, 1.82) is 0 Å². The molecule has 1 aliphatic heterocycles. The van der Waals surface area contributed by atoms with Crippen LogP contribution in [0.1, 0.15) is 10.9 Å². The summed E-state index contributed by atoms with van der Waals surface area (Å²) in [6.07, 6.45) is 0. The van der Waals surface area contributed by atoms with Crippen LogP contribution in [0.5, 0.6) is 0 Å². The lowest BCUT2D eigenvalue weighted by atomic mass is 10.2. The molecule has 0 spiro atoms. The van der Waals surface area contributed by atoms with Crippen molar-refractivity contribution in [1.82, 2.24) is 19.9 Å². The molecule has 26 heavy (non-hydrogen) atoms. The molecule has 132 valence electrons. The van der Waals surface area contributed by atoms with Gasteiger partial charge in [-0.3, -0.25) is 9.59 Å². The topological polar surface area (TPSA) is 68.1 Å². The molecule has 1 saturated heterocycles. The fourth-order valence-corrected chi connectivity index (χ4v) is 4.30. The van der Waals surface area contributed by atoms with Gasteiger partial charge in [-0.2, -0.15) is 0 Å². The maximum absolute atomic E-state index is 14.1. The van der Waals surface area contributed by atoms with Gasteiger partial charge in [0.05, 0.1) is 5.39 Å². The minimum atomic E-state index is -0.396. The van der Waals surface area contributed by atoms with Crippen LogP contribution in [0.3, 0.4) is 0 Å². The maximum atomic E-state index is 14.1. The number of hydrogen-bond acceptors (Lipinski definition) is 5. The van der Waals surface area contributed by atoms with Crippen molar-refractivity contribution in [2.75, 3.05) is 12.3 Å². The van der Waals surface area contributed by atoms with E-state index >= 15 is 0 Å². The predicted molar refractivity (Wildman–Crippen MR) is 97.1 cm³/mol. The van der Waals surface area contributed by atoms with Crippen LogP contribution < -0.4 is 5.56 Å². The van der Waals surface area contributed by atoms with Crippen molar-refractivity contribution in [3.05, 3.63) is 70.3 Å². The Kier molecular flexibility index (Phi) is 4.42. The van der Waals surface area contributed by atoms with Gasteiger partial charge >= 0.3 is 0 Å². The van der Waals surface area contributed by atoms with E-state index in [4.69, 9.17) is 0 Å². The summed E-state index contributed by atoms with van der Waals surface area (Å²) in [6, 6.07) is 13.3. The molecule has 6 nitrogen and oxygen atoms in total. The second-order valence-corrected chi connectivity index (χ2v) is 7.09. The summed E-state index contributed by atoms with van der Waals surface area (Å²) in [5.41, 5.74) is 0.598. The molecule has 0 unspecified atom stereocenters. The number of nitrogens with zero attached hydrogens (tertiary/aromatic N) is 4. The molecule has 1 amide bonds. The molecule has 1 atom stereocenters. The van der Waals surface area contributed by atoms with Crippen LogP contribution in [0.15, 0.2) is 53.3 Å². The first kappa shape index (κ1) is 16.7. The van der Waals surface area contributed by atoms with Gasteiger partial charge in [0, 0.05) is 17.9 Å². The van der Waals surface area contributed by atoms with Gasteiger partial charge in [-0.05, 0) is 18.2 Å². The first-order valence-electron chi connectivity index (χ1n) is 8.13. The fourth-order valence-electron chi connectivity index (χ4n) is 3.00. The number of fused-ring (bicyclic) bond motifs is 1. The predicted octanol–water partition coefficient (Wildman–Crippen LogP) is 2.20. The van der Waals surface area contributed by atoms with Crippen LogP contribution in [0.25, 0.3) is 10.9 Å². The average Bonchev–Trinajstić information content (AvgIpc) is 3.14. The van der Waals surface area contributed by atoms with E-state index in [0.29, 0.717) is 28.8 Å². The lowest BCUT2D eigenvalue weighted by molar-refractivity contribution is -0.132. The first-order valence-corrected chi connectivity index (χ1v) is 9.18. The number of aromatic nitrogens is 3. The molecule has 0 aliphatic carbocycles. The molecule has 1 aliphatic rings. The van der Waals surface area contributed by atoms with Gasteiger partial charge in [-0.15, -0.1) is 16.9 Å². The molecule has 4 rings (SSSR count). The molecule has 0 N–H and O–H groups in total. The zero-order valence-electron chi connectivity index (χ0n) is 13.7. The van der Waals surface area contributed by atoms with Crippen LogP contribution in [0, 0.1) is 5.82 Å². The second-order valence-electron chi connectivity index (χ2n) is 5.90. The zero-order valence-corrected chi connectivity index (χ0v) is 14.5. The molecule has 2 heterocycles. The average molecular weight is 370 g/mol. The summed E-state index contributed by atoms with van der Waals surface area (Å²) >= 11 is 1.51. The number of amides is 1. The number of thioether (sulfide) groups is 1. The summed E-state index contributed by atoms with van der Waals surface area (Å²) in [5.74, 6) is 0.0885. The Labute approximate surface area is 152 Å². The Balaban J connectivity index is 1.61. The normalized spacial score (nSPS) is 17.0. The van der Waals surface area contributed by atoms with Crippen molar-refractivity contribution >= 4 is 28.6 Å². The Morgan fingerprint density at radius 1 is 1.19 bits per heavy atom. The third-order valence-electron chi connectivity index (χ3n) is 4.30. The monoisotopic (exact) mass is 370 g/mol. The molecule has 0 radical (unpaired) electrons. The van der Waals surface area contributed by atoms with Crippen LogP contribution in [-0.2, 0) is 11.3 Å². The molecule has 1 fully saturated rings. The zero-order chi connectivity index (χ0) is 18.1. The van der Waals surface area contributed by atoms with E-state index < -0.39 is 5.37 Å². The highest BCUT2D eigenvalue weighted by atomic mass is 32.2. The quantitative estimate of drug-likeness (QED) is 0.707. The third kappa shape index (κ3) is 2.96. The van der Waals surface area contributed by atoms with E-state index in [1.165, 1.54) is 17.8 Å². The molecular weight excluding hydrogens is 355 g/mol. The Morgan fingerprint density at radius 3 is 2.81 bits per heavy atom. The van der Waals surface area contributed by atoms with Gasteiger partial charge in [0.2, 0.25) is 5.91 Å². The molecule has 3 aromatic rings. The summed E-state index contributed by atoms with van der Waals surface area (Å²) < 4.78 is 15.2. The van der Waals surface area contributed by atoms with Gasteiger partial charge in [0.1, 0.15) is 23.3 Å². The summed E-state index contributed by atoms with van der Waals surface area (Å²) in [5, 5.41) is 7.87. The number of benzene rings is 2. The third-order valence-corrected chi connectivity index (χ3v) is 5.54. The molecule has 2 aromatic carbocycles. The Morgan fingerprint density at radius 2 is 1.96 bits per heavy atom. The van der Waals surface area contributed by atoms with Crippen LogP contribution in [0.2, 0.25) is 0 Å². The van der Waals surface area contributed by atoms with E-state index in [2.05, 4.69) is 10.3 Å². The number of halogens is 1. The van der Waals surface area contributed by atoms with Crippen molar-refractivity contribution in [2.24, 2.45) is 0 Å². The van der Waals surface area contributed by atoms with Gasteiger partial charge in [0.15, 0.2) is 0 Å². The fraction of sp³-hybridized carbons (Fsp3) is 0.222. The Bertz CT molecular complexity index is 1040. The van der Waals surface area contributed by atoms with Gasteiger partial charge in [-0.1, -0.05) is 35.5 Å². The van der Waals surface area contributed by atoms with Crippen LogP contribution in [-0.4, -0.2) is 38.1 Å². The maximum Gasteiger partial charge on any atom is 0.278 e. The largest absolute Gasteiger partial charge is 0.324 e. The van der Waals surface area contributed by atoms with Gasteiger partial charge in [0.25, 0.3) is 5.56 Å². The van der Waals surface area contributed by atoms with Gasteiger partial charge < -0.3 is 4.90 Å². The summed E-state index contributed by atoms with van der Waals surface area (Å²) in [4.78, 5) is 26.9. The SMILES string of the molecule is O=C(Cn1nnc2ccccc2c1=O)N1CCS[C@@H]1c1ccccc1F. The van der Waals surface area contributed by atoms with Crippen molar-refractivity contribution in [3.8, 4) is 0 Å². The van der Waals surface area contributed by atoms with E-state index in [9.17, 15) is 14.0 Å². The van der Waals surface area contributed by atoms with E-state index in [1.807, 2.05) is 0 Å². The molecule has 8 heteroatoms. The van der Waals surface area contributed by atoms with Crippen LogP contribution in [0.4, 0.5) is 4.39 Å². The van der Waals surface area contributed by atoms with Crippen molar-refractivity contribution in [2.45, 2.75) is 11.9 Å². The minimum Gasteiger partial charge on any atom is -0.324 e. The standard InChI is InChI=1S/C18H15FN4O2S/c19-14-7-3-1-5-12(14)18-22(9-10-26-18)16(24)11-23-17(25)13-6-2-4-8-15(13)20-21-23/h1-8,18H,9-11H2/t18-/m1/s1. The van der Waals surface area contributed by atoms with E-state index in [-0.39, 0.29) is 23.8 Å². The summed E-state index contributed by atoms with van der Waals surface area (Å²) in [6.45, 7) is 0.278. The highest BCUT2D eigenvalue weighted by Crippen LogP contribution is 2.38. The minimum absolute atomic E-state index is 0.220. The van der Waals surface area contributed by atoms with E-state index in [1.54, 1.807) is 47.4 Å². The highest BCUT2D eigenvalue weighted by molar-refractivity contribution is 7.99. The number of carbonyl (C=O) groups excluding carboxylic acids is 1.